The number of hydrogen-bond donors (Lipinski definition) is 3. The van der Waals surface area contributed by atoms with Gasteiger partial charge in [-0.1, -0.05) is 86.3 Å². The molecule has 0 aliphatic carbocycles. The van der Waals surface area contributed by atoms with E-state index >= 15 is 0 Å². The van der Waals surface area contributed by atoms with Crippen LogP contribution in [0.4, 0.5) is 10.5 Å². The first-order chi connectivity index (χ1) is 19.8. The third-order valence-electron chi connectivity index (χ3n) is 7.65. The summed E-state index contributed by atoms with van der Waals surface area (Å²) in [6.45, 7) is 8.34. The summed E-state index contributed by atoms with van der Waals surface area (Å²) in [6, 6.07) is 24.6. The molecular formula is C33H40N2O6. The molecule has 218 valence electrons. The summed E-state index contributed by atoms with van der Waals surface area (Å²) in [4.78, 5) is 14.0. The molecule has 0 bridgehead atoms. The smallest absolute Gasteiger partial charge is 0.411 e. The molecule has 3 aromatic rings. The maximum atomic E-state index is 11.9. The summed E-state index contributed by atoms with van der Waals surface area (Å²) in [7, 11) is 1.99. The predicted molar refractivity (Wildman–Crippen MR) is 158 cm³/mol. The first-order valence-corrected chi connectivity index (χ1v) is 13.9. The molecule has 0 saturated carbocycles. The highest BCUT2D eigenvalue weighted by Crippen LogP contribution is 2.42. The van der Waals surface area contributed by atoms with Crippen LogP contribution >= 0.6 is 0 Å². The normalized spacial score (nSPS) is 22.1. The monoisotopic (exact) mass is 560 g/mol. The van der Waals surface area contributed by atoms with Gasteiger partial charge in [0, 0.05) is 29.8 Å². The molecular weight excluding hydrogens is 520 g/mol. The number of anilines is 1. The lowest BCUT2D eigenvalue weighted by Gasteiger charge is -2.43. The van der Waals surface area contributed by atoms with Crippen LogP contribution in [0.15, 0.2) is 91.5 Å². The molecule has 0 aromatic heterocycles. The van der Waals surface area contributed by atoms with E-state index in [1.807, 2.05) is 80.7 Å². The number of benzene rings is 3. The Kier molecular flexibility index (Phi) is 10.7. The summed E-state index contributed by atoms with van der Waals surface area (Å²) in [6.07, 6.45) is -0.820. The average Bonchev–Trinajstić information content (AvgIpc) is 3.01. The number of carbonyl (C=O) groups excluding carboxylic acids is 1. The topological polar surface area (TPSA) is 100 Å². The molecule has 1 aliphatic rings. The van der Waals surface area contributed by atoms with Gasteiger partial charge < -0.3 is 24.4 Å². The predicted octanol–water partition coefficient (Wildman–Crippen LogP) is 5.76. The van der Waals surface area contributed by atoms with Crippen molar-refractivity contribution in [1.29, 1.82) is 0 Å². The van der Waals surface area contributed by atoms with E-state index in [1.54, 1.807) is 12.1 Å². The molecule has 6 atom stereocenters. The third-order valence-corrected chi connectivity index (χ3v) is 7.65. The molecule has 1 heterocycles. The van der Waals surface area contributed by atoms with E-state index in [4.69, 9.17) is 14.2 Å². The van der Waals surface area contributed by atoms with E-state index in [2.05, 4.69) is 23.7 Å². The fourth-order valence-corrected chi connectivity index (χ4v) is 4.96. The fraction of sp³-hybridized carbons (Fsp3) is 0.364. The summed E-state index contributed by atoms with van der Waals surface area (Å²) in [5.74, 6) is -0.00434. The van der Waals surface area contributed by atoms with E-state index in [0.29, 0.717) is 12.2 Å². The zero-order valence-corrected chi connectivity index (χ0v) is 23.9. The van der Waals surface area contributed by atoms with Gasteiger partial charge in [-0.25, -0.2) is 4.79 Å². The molecule has 0 spiro atoms. The number of likely N-dealkylation sites (N-methyl/N-ethyl adjacent to an activating group) is 1. The van der Waals surface area contributed by atoms with Gasteiger partial charge in [-0.3, -0.25) is 10.2 Å². The number of amides is 1. The summed E-state index contributed by atoms with van der Waals surface area (Å²) in [5.41, 5.74) is 4.10. The van der Waals surface area contributed by atoms with Crippen molar-refractivity contribution in [2.75, 3.05) is 25.5 Å². The molecule has 1 saturated heterocycles. The average molecular weight is 561 g/mol. The van der Waals surface area contributed by atoms with Crippen LogP contribution in [0.5, 0.6) is 0 Å². The summed E-state index contributed by atoms with van der Waals surface area (Å²) in [5, 5.41) is 23.2. The van der Waals surface area contributed by atoms with Crippen molar-refractivity contribution in [1.82, 2.24) is 4.90 Å². The molecule has 3 N–H and O–H groups in total. The number of ether oxygens (including phenoxy) is 3. The van der Waals surface area contributed by atoms with Crippen molar-refractivity contribution in [2.45, 2.75) is 51.1 Å². The number of nitrogens with one attached hydrogen (secondary N) is 1. The standard InChI is InChI=1S/C33H40N2O6/c1-5-19-39-33(38)34-28-17-15-27(16-18-28)32-40-29(20-35(4)23(3)30(37)25-9-7-6-8-10-25)22(2)31(41-32)26-13-11-24(21-36)12-14-26/h5-18,22-23,29-32,36-37H,1,19-21H2,2-4H3,(H,34,38). The van der Waals surface area contributed by atoms with Crippen molar-refractivity contribution >= 4 is 11.8 Å². The minimum atomic E-state index is -0.650. The van der Waals surface area contributed by atoms with Gasteiger partial charge in [0.05, 0.1) is 24.9 Å². The van der Waals surface area contributed by atoms with Crippen molar-refractivity contribution in [3.05, 3.63) is 114 Å². The lowest BCUT2D eigenvalue weighted by molar-refractivity contribution is -0.276. The molecule has 8 heteroatoms. The van der Waals surface area contributed by atoms with Gasteiger partial charge in [0.1, 0.15) is 6.61 Å². The quantitative estimate of drug-likeness (QED) is 0.257. The van der Waals surface area contributed by atoms with Gasteiger partial charge in [0.25, 0.3) is 0 Å². The van der Waals surface area contributed by atoms with Crippen molar-refractivity contribution in [3.63, 3.8) is 0 Å². The van der Waals surface area contributed by atoms with Gasteiger partial charge in [-0.2, -0.15) is 0 Å². The Morgan fingerprint density at radius 3 is 2.34 bits per heavy atom. The van der Waals surface area contributed by atoms with E-state index < -0.39 is 18.5 Å². The highest BCUT2D eigenvalue weighted by atomic mass is 16.7. The van der Waals surface area contributed by atoms with Gasteiger partial charge >= 0.3 is 6.09 Å². The number of aliphatic hydroxyl groups excluding tert-OH is 2. The fourth-order valence-electron chi connectivity index (χ4n) is 4.96. The van der Waals surface area contributed by atoms with E-state index in [0.717, 1.165) is 22.3 Å². The Morgan fingerprint density at radius 1 is 1.05 bits per heavy atom. The summed E-state index contributed by atoms with van der Waals surface area (Å²) >= 11 is 0. The Hall–Kier alpha value is -3.53. The SMILES string of the molecule is C=CCOC(=O)Nc1ccc(C2OC(CN(C)C(C)C(O)c3ccccc3)C(C)C(c3ccc(CO)cc3)O2)cc1. The van der Waals surface area contributed by atoms with E-state index in [9.17, 15) is 15.0 Å². The second-order valence-electron chi connectivity index (χ2n) is 10.5. The molecule has 0 radical (unpaired) electrons. The molecule has 6 unspecified atom stereocenters. The molecule has 41 heavy (non-hydrogen) atoms. The lowest BCUT2D eigenvalue weighted by atomic mass is 9.89. The number of aliphatic hydroxyl groups is 2. The first-order valence-electron chi connectivity index (χ1n) is 13.9. The van der Waals surface area contributed by atoms with Crippen LogP contribution in [0.3, 0.4) is 0 Å². The maximum Gasteiger partial charge on any atom is 0.411 e. The minimum Gasteiger partial charge on any atom is -0.445 e. The maximum absolute atomic E-state index is 11.9. The van der Waals surface area contributed by atoms with Crippen molar-refractivity contribution in [3.8, 4) is 0 Å². The molecule has 1 fully saturated rings. The first kappa shape index (κ1) is 30.4. The molecule has 8 nitrogen and oxygen atoms in total. The van der Waals surface area contributed by atoms with Gasteiger partial charge in [-0.15, -0.1) is 0 Å². The Morgan fingerprint density at radius 2 is 1.71 bits per heavy atom. The van der Waals surface area contributed by atoms with Crippen LogP contribution in [0, 0.1) is 5.92 Å². The van der Waals surface area contributed by atoms with Crippen LogP contribution in [-0.4, -0.2) is 53.6 Å². The minimum absolute atomic E-state index is 0.00434. The highest BCUT2D eigenvalue weighted by molar-refractivity contribution is 5.84. The molecule has 4 rings (SSSR count). The van der Waals surface area contributed by atoms with Crippen molar-refractivity contribution < 1.29 is 29.2 Å². The number of carbonyl (C=O) groups is 1. The number of hydrogen-bond acceptors (Lipinski definition) is 7. The second kappa shape index (κ2) is 14.4. The van der Waals surface area contributed by atoms with Gasteiger partial charge in [-0.05, 0) is 42.8 Å². The van der Waals surface area contributed by atoms with E-state index in [1.165, 1.54) is 6.08 Å². The van der Waals surface area contributed by atoms with Gasteiger partial charge in [0.2, 0.25) is 0 Å². The Balaban J connectivity index is 1.53. The number of nitrogens with zero attached hydrogens (tertiary/aromatic N) is 1. The van der Waals surface area contributed by atoms with Crippen LogP contribution in [-0.2, 0) is 20.8 Å². The second-order valence-corrected chi connectivity index (χ2v) is 10.5. The summed E-state index contributed by atoms with van der Waals surface area (Å²) < 4.78 is 18.1. The van der Waals surface area contributed by atoms with E-state index in [-0.39, 0.29) is 37.4 Å². The number of rotatable bonds is 11. The van der Waals surface area contributed by atoms with Crippen LogP contribution in [0.1, 0.15) is 54.6 Å². The van der Waals surface area contributed by atoms with Crippen molar-refractivity contribution in [2.24, 2.45) is 5.92 Å². The van der Waals surface area contributed by atoms with Gasteiger partial charge in [0.15, 0.2) is 6.29 Å². The lowest BCUT2D eigenvalue weighted by Crippen LogP contribution is -2.46. The van der Waals surface area contributed by atoms with Crippen LogP contribution in [0.25, 0.3) is 0 Å². The zero-order valence-electron chi connectivity index (χ0n) is 23.9. The zero-order chi connectivity index (χ0) is 29.4. The van der Waals surface area contributed by atoms with Crippen LogP contribution in [0.2, 0.25) is 0 Å². The molecule has 1 aliphatic heterocycles. The van der Waals surface area contributed by atoms with Crippen LogP contribution < -0.4 is 5.32 Å². The third kappa shape index (κ3) is 7.81. The Labute approximate surface area is 242 Å². The molecule has 3 aromatic carbocycles. The highest BCUT2D eigenvalue weighted by Gasteiger charge is 2.39. The molecule has 1 amide bonds. The largest absolute Gasteiger partial charge is 0.445 e. The Bertz CT molecular complexity index is 1250.